The van der Waals surface area contributed by atoms with Crippen molar-refractivity contribution in [2.24, 2.45) is 29.0 Å². The van der Waals surface area contributed by atoms with Crippen molar-refractivity contribution >= 4 is 134 Å². The van der Waals surface area contributed by atoms with Crippen molar-refractivity contribution in [2.45, 2.75) is 261 Å². The molecule has 3 saturated heterocycles. The van der Waals surface area contributed by atoms with Crippen molar-refractivity contribution in [1.82, 2.24) is 92.3 Å². The maximum Gasteiger partial charge on any atom is 0.305 e. The van der Waals surface area contributed by atoms with Gasteiger partial charge in [0.05, 0.1) is 42.9 Å². The predicted octanol–water partition coefficient (Wildman–Crippen LogP) is 0.763. The number of hydrogen-bond donors (Lipinski definition) is 18. The van der Waals surface area contributed by atoms with Crippen molar-refractivity contribution in [3.05, 3.63) is 120 Å². The molecule has 21 N–H and O–H groups in total. The number of benzene rings is 3. The fraction of sp³-hybridized carbons (Fsp3) is 0.558. The summed E-state index contributed by atoms with van der Waals surface area (Å²) in [5.41, 5.74) is 20.7. The lowest BCUT2D eigenvalue weighted by Crippen LogP contribution is -2.60. The number of amides is 15. The number of nitrogens with one attached hydrogen (secondary N) is 12. The maximum absolute atomic E-state index is 16.0. The van der Waals surface area contributed by atoms with Gasteiger partial charge in [0.25, 0.3) is 0 Å². The van der Waals surface area contributed by atoms with Gasteiger partial charge in [-0.15, -0.1) is 11.8 Å². The molecule has 6 aromatic rings. The second kappa shape index (κ2) is 52.5. The Morgan fingerprint density at radius 3 is 1.72 bits per heavy atom. The average molecular weight is 1920 g/mol. The summed E-state index contributed by atoms with van der Waals surface area (Å²) in [7, 11) is 4.03. The Hall–Kier alpha value is -12.8. The predicted molar refractivity (Wildman–Crippen MR) is 509 cm³/mol. The molecule has 3 aliphatic heterocycles. The first-order chi connectivity index (χ1) is 65.4. The Balaban J connectivity index is 1.11. The number of aliphatic hydroxyl groups excluding tert-OH is 1. The number of fused-ring (bicyclic) bond motifs is 4. The Morgan fingerprint density at radius 2 is 1.11 bits per heavy atom. The topological polar surface area (TPSA) is 614 Å². The SMILES string of the molecule is CCCC[C@H]1C(=O)N(C)[C@@H](CCCC)C(=O)N[C@@H](CC(C)C)C(=O)N[C@H](C(=O)NCC(N)=O)CSCC(=O)N[C@@H](Cc2ccc(O)cc2)C(=O)N(C)[C@@H](C)C(=O)N[C@@H](CC(=O)O)C(=O)N2CCC[C@H]2C(=O)N[C@@H](Cc2c[nH]cn2)C(=O)N[C@@H](CCCCN)C(=O)N2C[C@H](O)C[C@H]2C(=O)C[C@@H](Cc2c[nH]c3ccccc23)C(=O)N[C@@H](CCCCN)C(=O)N[C@@H](Cc2c[nH]c3ccccc23)C(=O)N1C. The summed E-state index contributed by atoms with van der Waals surface area (Å²) >= 11 is 0.795. The van der Waals surface area contributed by atoms with E-state index in [1.165, 1.54) is 74.7 Å². The molecule has 0 saturated carbocycles. The van der Waals surface area contributed by atoms with Crippen molar-refractivity contribution in [3.63, 3.8) is 0 Å². The summed E-state index contributed by atoms with van der Waals surface area (Å²) in [6, 6.07) is 0.712. The fourth-order valence-corrected chi connectivity index (χ4v) is 18.4. The van der Waals surface area contributed by atoms with Crippen LogP contribution in [0.15, 0.2) is 97.7 Å². The number of aliphatic carboxylic acids is 1. The van der Waals surface area contributed by atoms with Gasteiger partial charge in [0.2, 0.25) is 88.6 Å². The Labute approximate surface area is 799 Å². The highest BCUT2D eigenvalue weighted by molar-refractivity contribution is 8.00. The number of phenolic OH excluding ortho intramolecular Hbond substituents is 1. The molecule has 6 heterocycles. The zero-order valence-corrected chi connectivity index (χ0v) is 79.9. The molecule has 0 spiro atoms. The van der Waals surface area contributed by atoms with E-state index < -0.39 is 228 Å². The first-order valence-corrected chi connectivity index (χ1v) is 48.2. The summed E-state index contributed by atoms with van der Waals surface area (Å²) in [6.07, 6.45) is 5.04. The molecule has 15 amide bonds. The number of thioether (sulfide) groups is 1. The van der Waals surface area contributed by atoms with Gasteiger partial charge in [-0.3, -0.25) is 81.5 Å². The number of imidazole rings is 1. The highest BCUT2D eigenvalue weighted by Gasteiger charge is 2.47. The minimum Gasteiger partial charge on any atom is -0.508 e. The first kappa shape index (κ1) is 108. The molecular weight excluding hydrogens is 1790 g/mol. The van der Waals surface area contributed by atoms with Crippen LogP contribution in [0.3, 0.4) is 0 Å². The van der Waals surface area contributed by atoms with Gasteiger partial charge < -0.3 is 120 Å². The van der Waals surface area contributed by atoms with E-state index >= 15 is 38.4 Å². The zero-order valence-electron chi connectivity index (χ0n) is 79.1. The lowest BCUT2D eigenvalue weighted by atomic mass is 9.90. The summed E-state index contributed by atoms with van der Waals surface area (Å²) in [6.45, 7) is 7.63. The van der Waals surface area contributed by atoms with E-state index in [9.17, 15) is 58.5 Å². The van der Waals surface area contributed by atoms with Crippen LogP contribution in [-0.4, -0.2) is 310 Å². The fourth-order valence-electron chi connectivity index (χ4n) is 17.6. The number of aromatic amines is 3. The number of unbranched alkanes of at least 4 members (excludes halogenated alkanes) is 4. The van der Waals surface area contributed by atoms with Crippen LogP contribution in [0.2, 0.25) is 0 Å². The third-order valence-electron chi connectivity index (χ3n) is 25.3. The number of carbonyl (C=O) groups is 17. The van der Waals surface area contributed by atoms with Gasteiger partial charge in [-0.05, 0) is 144 Å². The number of carboxylic acid groups (broad SMARTS) is 1. The molecule has 0 unspecified atom stereocenters. The van der Waals surface area contributed by atoms with E-state index in [2.05, 4.69) is 67.8 Å². The van der Waals surface area contributed by atoms with Crippen molar-refractivity contribution in [1.29, 1.82) is 0 Å². The summed E-state index contributed by atoms with van der Waals surface area (Å²) in [5, 5.41) is 58.0. The molecule has 9 rings (SSSR count). The molecule has 41 nitrogen and oxygen atoms in total. The molecule has 15 atom stereocenters. The number of para-hydroxylation sites is 2. The van der Waals surface area contributed by atoms with E-state index in [0.717, 1.165) is 26.5 Å². The van der Waals surface area contributed by atoms with Gasteiger partial charge in [-0.2, -0.15) is 0 Å². The summed E-state index contributed by atoms with van der Waals surface area (Å²) in [5.74, 6) is -18.1. The lowest BCUT2D eigenvalue weighted by Gasteiger charge is -2.36. The van der Waals surface area contributed by atoms with Gasteiger partial charge in [0, 0.05) is 118 Å². The molecular formula is C95H135N21O20S. The third kappa shape index (κ3) is 30.6. The van der Waals surface area contributed by atoms with E-state index in [0.29, 0.717) is 77.0 Å². The van der Waals surface area contributed by atoms with Crippen molar-refractivity contribution in [3.8, 4) is 5.75 Å². The number of likely N-dealkylation sites (N-methyl/N-ethyl adjacent to an activating group) is 3. The van der Waals surface area contributed by atoms with E-state index in [-0.39, 0.29) is 127 Å². The molecule has 42 heteroatoms. The lowest BCUT2D eigenvalue weighted by molar-refractivity contribution is -0.149. The normalized spacial score (nSPS) is 24.7. The van der Waals surface area contributed by atoms with Crippen LogP contribution in [0.5, 0.6) is 5.75 Å². The quantitative estimate of drug-likeness (QED) is 0.0288. The molecule has 0 aliphatic carbocycles. The van der Waals surface area contributed by atoms with Crippen molar-refractivity contribution < 1.29 is 96.8 Å². The minimum atomic E-state index is -1.89. The molecule has 3 aliphatic rings. The van der Waals surface area contributed by atoms with Gasteiger partial charge >= 0.3 is 5.97 Å². The molecule has 0 radical (unpaired) electrons. The number of nitrogens with two attached hydrogens (primary N) is 3. The standard InChI is InChI=1S/C95H135N21O20S/c1-9-11-28-75-89(130)107-69(38-54(3)4)87(128)111-74(85(126)102-49-80(98)120)51-137-52-81(121)104-71(39-56-31-33-61(117)34-32-56)91(132)112(6)55(5)83(124)109-73(45-82(122)123)94(135)115-37-21-30-76(115)90(131)108-70(43-60-48-99-53-103-60)88(129)106-68(27-18-20-36-97)93(134)116-50-62(118)44-78(116)79(119)42-57(40-58-46-100-65-24-15-13-22-63(58)65)84(125)105-67(26-17-19-35-96)86(127)110-72(41-59-47-101-66-25-16-14-23-64(59)66)92(133)114(8)77(29-12-10-2)95(136)113(75)7/h13-16,22-25,31-34,46-48,53-55,57,62,67-78,100-101,117-118H,9-12,17-21,26-30,35-45,49-52,96-97H2,1-8H3,(H2,98,120)(H,99,103)(H,102,126)(H,104,121)(H,105,125)(H,106,129)(H,107,130)(H,108,131)(H,109,124)(H,110,127)(H,111,128)(H,122,123)/t55-,57+,62+,67-,68-,69-,70-,71-,72-,73-,74-,75-,76-,77-,78-/m0/s1. The highest BCUT2D eigenvalue weighted by atomic mass is 32.2. The molecule has 3 aromatic heterocycles. The number of primary amides is 1. The number of aromatic nitrogens is 4. The number of aromatic hydroxyl groups is 1. The molecule has 746 valence electrons. The second-order valence-electron chi connectivity index (χ2n) is 36.1. The van der Waals surface area contributed by atoms with Crippen LogP contribution in [0.1, 0.15) is 173 Å². The van der Waals surface area contributed by atoms with Crippen LogP contribution in [0, 0.1) is 11.8 Å². The number of carboxylic acids is 1. The molecule has 137 heavy (non-hydrogen) atoms. The van der Waals surface area contributed by atoms with Crippen LogP contribution in [-0.2, 0) is 107 Å². The third-order valence-corrected chi connectivity index (χ3v) is 26.3. The number of carbonyl (C=O) groups excluding carboxylic acids is 16. The van der Waals surface area contributed by atoms with Gasteiger partial charge in [0.15, 0.2) is 5.78 Å². The number of nitrogens with zero attached hydrogens (tertiary/aromatic N) is 6. The average Bonchev–Trinajstić information content (AvgIpc) is 1.75. The van der Waals surface area contributed by atoms with Crippen LogP contribution >= 0.6 is 11.8 Å². The van der Waals surface area contributed by atoms with Gasteiger partial charge in [-0.1, -0.05) is 102 Å². The number of aliphatic hydroxyl groups is 1. The van der Waals surface area contributed by atoms with Gasteiger partial charge in [0.1, 0.15) is 78.3 Å². The number of ketones is 1. The van der Waals surface area contributed by atoms with Crippen LogP contribution < -0.4 is 65.1 Å². The highest BCUT2D eigenvalue weighted by Crippen LogP contribution is 2.31. The first-order valence-electron chi connectivity index (χ1n) is 47.1. The molecule has 0 bridgehead atoms. The number of phenols is 1. The molecule has 3 fully saturated rings. The Morgan fingerprint density at radius 1 is 0.555 bits per heavy atom. The van der Waals surface area contributed by atoms with Gasteiger partial charge in [-0.25, -0.2) is 4.98 Å². The minimum absolute atomic E-state index is 0.0382. The summed E-state index contributed by atoms with van der Waals surface area (Å²) in [4.78, 5) is 271. The Kier molecular flexibility index (Phi) is 41.3. The monoisotopic (exact) mass is 1920 g/mol. The maximum atomic E-state index is 16.0. The number of H-pyrrole nitrogens is 3. The van der Waals surface area contributed by atoms with E-state index in [1.54, 1.807) is 44.4 Å². The second-order valence-corrected chi connectivity index (χ2v) is 37.1. The Bertz CT molecular complexity index is 5190. The largest absolute Gasteiger partial charge is 0.508 e. The number of hydrogen-bond acceptors (Lipinski definition) is 23. The van der Waals surface area contributed by atoms with E-state index in [1.807, 2.05) is 44.2 Å². The number of rotatable bonds is 29. The van der Waals surface area contributed by atoms with Crippen molar-refractivity contribution in [2.75, 3.05) is 65.4 Å². The van der Waals surface area contributed by atoms with Crippen LogP contribution in [0.25, 0.3) is 21.8 Å². The number of Topliss-reactive ketones (excluding diaryl/α,β-unsaturated/α-hetero) is 1. The smallest absolute Gasteiger partial charge is 0.305 e. The summed E-state index contributed by atoms with van der Waals surface area (Å²) < 4.78 is 0. The molecule has 3 aromatic carbocycles. The zero-order chi connectivity index (χ0) is 99.9. The van der Waals surface area contributed by atoms with E-state index in [4.69, 9.17) is 17.2 Å². The van der Waals surface area contributed by atoms with Crippen LogP contribution in [0.4, 0.5) is 0 Å².